The van der Waals surface area contributed by atoms with Gasteiger partial charge in [0.05, 0.1) is 22.0 Å². The summed E-state index contributed by atoms with van der Waals surface area (Å²) in [7, 11) is 0. The molecule has 3 aromatic rings. The number of nitrogens with zero attached hydrogens (tertiary/aromatic N) is 3. The minimum atomic E-state index is -0.967. The lowest BCUT2D eigenvalue weighted by Gasteiger charge is -2.21. The number of aromatic nitrogens is 2. The molecule has 0 aliphatic rings. The van der Waals surface area contributed by atoms with Gasteiger partial charge in [-0.2, -0.15) is 0 Å². The molecule has 0 aliphatic heterocycles. The number of thiophene rings is 1. The molecule has 2 heterocycles. The highest BCUT2D eigenvalue weighted by molar-refractivity contribution is 7.13. The minimum Gasteiger partial charge on any atom is -0.454 e. The van der Waals surface area contributed by atoms with Crippen molar-refractivity contribution in [1.82, 2.24) is 20.4 Å². The van der Waals surface area contributed by atoms with Crippen LogP contribution in [-0.2, 0) is 20.9 Å². The lowest BCUT2D eigenvalue weighted by atomic mass is 10.2. The van der Waals surface area contributed by atoms with Crippen LogP contribution in [0.1, 0.15) is 36.5 Å². The molecule has 0 fully saturated rings. The largest absolute Gasteiger partial charge is 0.454 e. The van der Waals surface area contributed by atoms with Crippen LogP contribution in [0.25, 0.3) is 10.8 Å². The Balaban J connectivity index is 1.53. The quantitative estimate of drug-likeness (QED) is 0.432. The predicted octanol–water partition coefficient (Wildman–Crippen LogP) is 3.55. The number of benzene rings is 1. The minimum absolute atomic E-state index is 0.0986. The lowest BCUT2D eigenvalue weighted by molar-refractivity contribution is -0.153. The number of ether oxygens (including phenoxy) is 1. The van der Waals surface area contributed by atoms with Gasteiger partial charge in [0.1, 0.15) is 6.04 Å². The van der Waals surface area contributed by atoms with Gasteiger partial charge in [-0.3, -0.25) is 9.59 Å². The summed E-state index contributed by atoms with van der Waals surface area (Å²) in [5.41, 5.74) is 0.241. The van der Waals surface area contributed by atoms with Crippen LogP contribution in [-0.4, -0.2) is 52.1 Å². The molecule has 0 bridgehead atoms. The van der Waals surface area contributed by atoms with Gasteiger partial charge >= 0.3 is 5.97 Å². The van der Waals surface area contributed by atoms with Gasteiger partial charge in [-0.15, -0.1) is 21.5 Å². The zero-order valence-corrected chi connectivity index (χ0v) is 19.7. The molecule has 0 saturated carbocycles. The fraction of sp³-hybridized carbons (Fsp3) is 0.318. The van der Waals surface area contributed by atoms with Crippen molar-refractivity contribution in [3.63, 3.8) is 0 Å². The topological polar surface area (TPSA) is 115 Å². The normalized spacial score (nSPS) is 11.6. The summed E-state index contributed by atoms with van der Waals surface area (Å²) in [5.74, 6) is -0.990. The summed E-state index contributed by atoms with van der Waals surface area (Å²) in [4.78, 5) is 39.6. The molecule has 2 aromatic heterocycles. The fourth-order valence-electron chi connectivity index (χ4n) is 2.87. The number of halogens is 1. The van der Waals surface area contributed by atoms with Crippen LogP contribution < -0.4 is 5.32 Å². The van der Waals surface area contributed by atoms with E-state index in [0.717, 1.165) is 4.88 Å². The van der Waals surface area contributed by atoms with Crippen LogP contribution in [0.2, 0.25) is 5.02 Å². The summed E-state index contributed by atoms with van der Waals surface area (Å²) < 4.78 is 10.8. The van der Waals surface area contributed by atoms with Crippen LogP contribution in [0.3, 0.4) is 0 Å². The lowest BCUT2D eigenvalue weighted by Crippen LogP contribution is -2.41. The van der Waals surface area contributed by atoms with Gasteiger partial charge in [-0.05, 0) is 36.9 Å². The van der Waals surface area contributed by atoms with E-state index >= 15 is 0 Å². The molecular weight excluding hydrogens is 468 g/mol. The molecular formula is C22H23ClN4O5S. The van der Waals surface area contributed by atoms with Crippen molar-refractivity contribution in [1.29, 1.82) is 0 Å². The summed E-state index contributed by atoms with van der Waals surface area (Å²) in [6, 6.07) is 9.26. The SMILES string of the molecule is CCCN(Cc1nnc(-c2cccs2)o1)C(=O)COC(=O)[C@H](C)NC(=O)c1ccccc1Cl. The van der Waals surface area contributed by atoms with Gasteiger partial charge in [-0.1, -0.05) is 36.7 Å². The molecule has 11 heteroatoms. The monoisotopic (exact) mass is 490 g/mol. The van der Waals surface area contributed by atoms with Gasteiger partial charge < -0.3 is 19.4 Å². The zero-order chi connectivity index (χ0) is 23.8. The van der Waals surface area contributed by atoms with Crippen molar-refractivity contribution in [2.24, 2.45) is 0 Å². The second-order valence-corrected chi connectivity index (χ2v) is 8.43. The Hall–Kier alpha value is -3.24. The standard InChI is InChI=1S/C22H23ClN4O5S/c1-3-10-27(12-18-25-26-21(32-18)17-9-6-11-33-17)19(28)13-31-22(30)14(2)24-20(29)15-7-4-5-8-16(15)23/h4-9,11,14H,3,10,12-13H2,1-2H3,(H,24,29)/t14-/m0/s1. The Morgan fingerprint density at radius 3 is 2.70 bits per heavy atom. The summed E-state index contributed by atoms with van der Waals surface area (Å²) >= 11 is 7.47. The smallest absolute Gasteiger partial charge is 0.328 e. The van der Waals surface area contributed by atoms with Crippen LogP contribution in [0.4, 0.5) is 0 Å². The van der Waals surface area contributed by atoms with Crippen molar-refractivity contribution in [2.45, 2.75) is 32.9 Å². The molecule has 2 amide bonds. The number of esters is 1. The molecule has 0 radical (unpaired) electrons. The van der Waals surface area contributed by atoms with E-state index < -0.39 is 30.4 Å². The molecule has 0 spiro atoms. The fourth-order valence-corrected chi connectivity index (χ4v) is 3.74. The third-order valence-electron chi connectivity index (χ3n) is 4.53. The van der Waals surface area contributed by atoms with Gasteiger partial charge in [0.15, 0.2) is 6.61 Å². The number of carbonyl (C=O) groups is 3. The Morgan fingerprint density at radius 2 is 2.00 bits per heavy atom. The maximum atomic E-state index is 12.6. The summed E-state index contributed by atoms with van der Waals surface area (Å²) in [5, 5.41) is 12.7. The van der Waals surface area contributed by atoms with E-state index in [-0.39, 0.29) is 23.0 Å². The second-order valence-electron chi connectivity index (χ2n) is 7.08. The first-order valence-corrected chi connectivity index (χ1v) is 11.5. The Morgan fingerprint density at radius 1 is 1.21 bits per heavy atom. The predicted molar refractivity (Wildman–Crippen MR) is 123 cm³/mol. The van der Waals surface area contributed by atoms with E-state index in [0.29, 0.717) is 18.9 Å². The molecule has 1 N–H and O–H groups in total. The molecule has 1 atom stereocenters. The van der Waals surface area contributed by atoms with E-state index in [4.69, 9.17) is 20.8 Å². The third-order valence-corrected chi connectivity index (χ3v) is 5.72. The number of carbonyl (C=O) groups excluding carboxylic acids is 3. The molecule has 0 aliphatic carbocycles. The van der Waals surface area contributed by atoms with Crippen molar-refractivity contribution in [3.05, 3.63) is 58.3 Å². The van der Waals surface area contributed by atoms with Crippen molar-refractivity contribution < 1.29 is 23.5 Å². The molecule has 174 valence electrons. The van der Waals surface area contributed by atoms with Crippen LogP contribution in [0.5, 0.6) is 0 Å². The molecule has 9 nitrogen and oxygen atoms in total. The van der Waals surface area contributed by atoms with Crippen molar-refractivity contribution >= 4 is 40.7 Å². The molecule has 0 unspecified atom stereocenters. The maximum Gasteiger partial charge on any atom is 0.328 e. The first-order chi connectivity index (χ1) is 15.9. The van der Waals surface area contributed by atoms with Crippen molar-refractivity contribution in [2.75, 3.05) is 13.2 Å². The van der Waals surface area contributed by atoms with Gasteiger partial charge in [0.25, 0.3) is 17.7 Å². The Kier molecular flexibility index (Phi) is 8.56. The Labute approximate surface area is 199 Å². The number of rotatable bonds is 10. The van der Waals surface area contributed by atoms with E-state index in [9.17, 15) is 14.4 Å². The van der Waals surface area contributed by atoms with Gasteiger partial charge in [0, 0.05) is 6.54 Å². The van der Waals surface area contributed by atoms with E-state index in [1.54, 1.807) is 24.3 Å². The molecule has 0 saturated heterocycles. The first-order valence-electron chi connectivity index (χ1n) is 10.2. The Bertz CT molecular complexity index is 1100. The summed E-state index contributed by atoms with van der Waals surface area (Å²) in [6.45, 7) is 3.43. The number of hydrogen-bond acceptors (Lipinski definition) is 8. The summed E-state index contributed by atoms with van der Waals surface area (Å²) in [6.07, 6.45) is 0.690. The van der Waals surface area contributed by atoms with Crippen LogP contribution in [0.15, 0.2) is 46.2 Å². The number of amides is 2. The van der Waals surface area contributed by atoms with Crippen LogP contribution >= 0.6 is 22.9 Å². The molecule has 33 heavy (non-hydrogen) atoms. The van der Waals surface area contributed by atoms with E-state index in [2.05, 4.69) is 15.5 Å². The second kappa shape index (κ2) is 11.6. The average molecular weight is 491 g/mol. The van der Waals surface area contributed by atoms with E-state index in [1.165, 1.54) is 23.2 Å². The average Bonchev–Trinajstić information content (AvgIpc) is 3.49. The van der Waals surface area contributed by atoms with E-state index in [1.807, 2.05) is 24.4 Å². The number of nitrogens with one attached hydrogen (secondary N) is 1. The zero-order valence-electron chi connectivity index (χ0n) is 18.1. The van der Waals surface area contributed by atoms with Gasteiger partial charge in [-0.25, -0.2) is 4.79 Å². The highest BCUT2D eigenvalue weighted by Crippen LogP contribution is 2.23. The van der Waals surface area contributed by atoms with Crippen molar-refractivity contribution in [3.8, 4) is 10.8 Å². The van der Waals surface area contributed by atoms with Gasteiger partial charge in [0.2, 0.25) is 5.89 Å². The highest BCUT2D eigenvalue weighted by Gasteiger charge is 2.23. The highest BCUT2D eigenvalue weighted by atomic mass is 35.5. The molecule has 3 rings (SSSR count). The van der Waals surface area contributed by atoms with Crippen LogP contribution in [0, 0.1) is 0 Å². The third kappa shape index (κ3) is 6.62. The maximum absolute atomic E-state index is 12.6. The molecule has 1 aromatic carbocycles. The number of hydrogen-bond donors (Lipinski definition) is 1. The first kappa shape index (κ1) is 24.4.